The Balaban J connectivity index is 1.53. The van der Waals surface area contributed by atoms with Gasteiger partial charge in [-0.2, -0.15) is 0 Å². The van der Waals surface area contributed by atoms with Gasteiger partial charge in [-0.1, -0.05) is 41.0 Å². The molecule has 0 amide bonds. The van der Waals surface area contributed by atoms with Crippen molar-refractivity contribution in [3.8, 4) is 5.75 Å². The van der Waals surface area contributed by atoms with Crippen molar-refractivity contribution in [2.24, 2.45) is 0 Å². The molecule has 5 nitrogen and oxygen atoms in total. The molecule has 1 aliphatic heterocycles. The molecule has 0 spiro atoms. The van der Waals surface area contributed by atoms with Crippen molar-refractivity contribution in [1.82, 2.24) is 10.3 Å². The van der Waals surface area contributed by atoms with Crippen molar-refractivity contribution in [2.45, 2.75) is 22.1 Å². The lowest BCUT2D eigenvalue weighted by Gasteiger charge is -2.26. The minimum atomic E-state index is -0.272. The number of ether oxygens (including phenoxy) is 1. The van der Waals surface area contributed by atoms with Gasteiger partial charge in [-0.25, -0.2) is 0 Å². The summed E-state index contributed by atoms with van der Waals surface area (Å²) in [5, 5.41) is 5.94. The normalized spacial score (nSPS) is 17.6. The highest BCUT2D eigenvalue weighted by atomic mass is 35.5. The second-order valence-corrected chi connectivity index (χ2v) is 9.84. The largest absolute Gasteiger partial charge is 0.495 e. The first kappa shape index (κ1) is 23.1. The van der Waals surface area contributed by atoms with Crippen LogP contribution in [0, 0.1) is 0 Å². The van der Waals surface area contributed by atoms with Gasteiger partial charge in [0.05, 0.1) is 23.9 Å². The average molecular weight is 528 g/mol. The van der Waals surface area contributed by atoms with Gasteiger partial charge in [-0.05, 0) is 78.9 Å². The van der Waals surface area contributed by atoms with E-state index < -0.39 is 0 Å². The average Bonchev–Trinajstić information content (AvgIpc) is 3.45. The van der Waals surface area contributed by atoms with Crippen LogP contribution < -0.4 is 15.0 Å². The Labute approximate surface area is 217 Å². The van der Waals surface area contributed by atoms with Gasteiger partial charge in [0.25, 0.3) is 0 Å². The first-order valence-corrected chi connectivity index (χ1v) is 12.4. The number of nitrogens with zero attached hydrogens (tertiary/aromatic N) is 2. The van der Waals surface area contributed by atoms with Crippen LogP contribution in [0.3, 0.4) is 0 Å². The quantitative estimate of drug-likeness (QED) is 0.263. The summed E-state index contributed by atoms with van der Waals surface area (Å²) in [4.78, 5) is 7.61. The second kappa shape index (κ2) is 9.88. The predicted molar refractivity (Wildman–Crippen MR) is 140 cm³/mol. The highest BCUT2D eigenvalue weighted by Crippen LogP contribution is 2.44. The van der Waals surface area contributed by atoms with E-state index >= 15 is 0 Å². The molecule has 0 aliphatic carbocycles. The Morgan fingerprint density at radius 3 is 2.59 bits per heavy atom. The molecule has 0 bridgehead atoms. The molecule has 2 aromatic heterocycles. The molecule has 9 heteroatoms. The number of benzene rings is 2. The summed E-state index contributed by atoms with van der Waals surface area (Å²) >= 11 is 19.7. The maximum atomic E-state index is 6.44. The van der Waals surface area contributed by atoms with Gasteiger partial charge >= 0.3 is 0 Å². The lowest BCUT2D eigenvalue weighted by molar-refractivity contribution is 0.383. The fourth-order valence-electron chi connectivity index (χ4n) is 3.89. The maximum Gasteiger partial charge on any atom is 0.174 e. The van der Waals surface area contributed by atoms with Crippen molar-refractivity contribution < 1.29 is 9.15 Å². The maximum absolute atomic E-state index is 6.44. The van der Waals surface area contributed by atoms with Crippen LogP contribution >= 0.6 is 47.2 Å². The zero-order chi connectivity index (χ0) is 23.7. The summed E-state index contributed by atoms with van der Waals surface area (Å²) in [6, 6.07) is 22.5. The number of methoxy groups -OCH3 is 1. The molecule has 0 unspecified atom stereocenters. The lowest BCUT2D eigenvalue weighted by Crippen LogP contribution is -2.29. The third-order valence-electron chi connectivity index (χ3n) is 5.44. The molecule has 0 radical (unpaired) electrons. The standard InChI is InChI=1S/C25H19Cl2N3O2S2/c1-31-20-10-7-16(14-18(20)27)30-24(23(29-25(30)33)19-4-2-3-13-28-19)21-11-12-22(32-21)34-17-8-5-15(26)6-9-17/h2-14,23-24H,1H3,(H,29,33)/t23-,24-/m1/s1. The molecule has 4 aromatic rings. The van der Waals surface area contributed by atoms with E-state index in [4.69, 9.17) is 44.6 Å². The van der Waals surface area contributed by atoms with Crippen molar-refractivity contribution in [3.05, 3.63) is 100 Å². The Bertz CT molecular complexity index is 1320. The molecule has 1 N–H and O–H groups in total. The number of anilines is 1. The Hall–Kier alpha value is -2.71. The van der Waals surface area contributed by atoms with Gasteiger partial charge in [-0.3, -0.25) is 4.98 Å². The smallest absolute Gasteiger partial charge is 0.174 e. The van der Waals surface area contributed by atoms with Crippen LogP contribution in [-0.2, 0) is 0 Å². The summed E-state index contributed by atoms with van der Waals surface area (Å²) in [5.41, 5.74) is 1.69. The Morgan fingerprint density at radius 2 is 1.88 bits per heavy atom. The lowest BCUT2D eigenvalue weighted by atomic mass is 10.0. The number of hydrogen-bond acceptors (Lipinski definition) is 5. The van der Waals surface area contributed by atoms with Gasteiger partial charge in [0.1, 0.15) is 17.6 Å². The summed E-state index contributed by atoms with van der Waals surface area (Å²) in [7, 11) is 1.59. The van der Waals surface area contributed by atoms with E-state index in [0.717, 1.165) is 27.1 Å². The minimum Gasteiger partial charge on any atom is -0.495 e. The molecule has 34 heavy (non-hydrogen) atoms. The topological polar surface area (TPSA) is 50.5 Å². The van der Waals surface area contributed by atoms with E-state index in [1.807, 2.05) is 77.7 Å². The highest BCUT2D eigenvalue weighted by Gasteiger charge is 2.42. The monoisotopic (exact) mass is 527 g/mol. The minimum absolute atomic E-state index is 0.214. The molecular formula is C25H19Cl2N3O2S2. The van der Waals surface area contributed by atoms with Crippen LogP contribution in [0.2, 0.25) is 10.0 Å². The van der Waals surface area contributed by atoms with Crippen LogP contribution in [-0.4, -0.2) is 17.2 Å². The molecule has 1 fully saturated rings. The van der Waals surface area contributed by atoms with Crippen LogP contribution in [0.15, 0.2) is 93.4 Å². The van der Waals surface area contributed by atoms with E-state index in [-0.39, 0.29) is 12.1 Å². The number of halogens is 2. The Kier molecular flexibility index (Phi) is 6.70. The highest BCUT2D eigenvalue weighted by molar-refractivity contribution is 7.99. The van der Waals surface area contributed by atoms with Crippen molar-refractivity contribution >= 4 is 58.0 Å². The van der Waals surface area contributed by atoms with Crippen LogP contribution in [0.4, 0.5) is 5.69 Å². The molecule has 3 heterocycles. The van der Waals surface area contributed by atoms with Gasteiger partial charge in [0, 0.05) is 21.8 Å². The number of nitrogens with one attached hydrogen (secondary N) is 1. The number of thiocarbonyl (C=S) groups is 1. The third kappa shape index (κ3) is 4.61. The van der Waals surface area contributed by atoms with Crippen molar-refractivity contribution in [1.29, 1.82) is 0 Å². The zero-order valence-corrected chi connectivity index (χ0v) is 21.1. The van der Waals surface area contributed by atoms with Crippen LogP contribution in [0.25, 0.3) is 0 Å². The molecule has 5 rings (SSSR count). The van der Waals surface area contributed by atoms with Crippen LogP contribution in [0.1, 0.15) is 23.5 Å². The Morgan fingerprint density at radius 1 is 1.06 bits per heavy atom. The first-order chi connectivity index (χ1) is 16.5. The van der Waals surface area contributed by atoms with Gasteiger partial charge < -0.3 is 19.4 Å². The second-order valence-electron chi connectivity index (χ2n) is 7.53. The summed E-state index contributed by atoms with van der Waals surface area (Å²) in [5.74, 6) is 1.35. The molecule has 1 saturated heterocycles. The predicted octanol–water partition coefficient (Wildman–Crippen LogP) is 7.32. The van der Waals surface area contributed by atoms with E-state index in [1.165, 1.54) is 11.8 Å². The third-order valence-corrected chi connectivity index (χ3v) is 7.23. The number of hydrogen-bond donors (Lipinski definition) is 1. The number of rotatable bonds is 6. The van der Waals surface area contributed by atoms with Crippen molar-refractivity contribution in [3.63, 3.8) is 0 Å². The molecule has 172 valence electrons. The molecular weight excluding hydrogens is 509 g/mol. The van der Waals surface area contributed by atoms with E-state index in [2.05, 4.69) is 10.3 Å². The number of aromatic nitrogens is 1. The van der Waals surface area contributed by atoms with Gasteiger partial charge in [-0.15, -0.1) is 0 Å². The SMILES string of the molecule is COc1ccc(N2C(=S)N[C@H](c3ccccn3)[C@H]2c2ccc(Sc3ccc(Cl)cc3)o2)cc1Cl. The molecule has 0 saturated carbocycles. The van der Waals surface area contributed by atoms with Crippen LogP contribution in [0.5, 0.6) is 5.75 Å². The summed E-state index contributed by atoms with van der Waals surface area (Å²) in [6.45, 7) is 0. The fraction of sp³-hybridized carbons (Fsp3) is 0.120. The molecule has 2 aromatic carbocycles. The first-order valence-electron chi connectivity index (χ1n) is 10.4. The zero-order valence-electron chi connectivity index (χ0n) is 17.9. The molecule has 1 aliphatic rings. The van der Waals surface area contributed by atoms with E-state index in [1.54, 1.807) is 13.3 Å². The van der Waals surface area contributed by atoms with Gasteiger partial charge in [0.15, 0.2) is 10.2 Å². The van der Waals surface area contributed by atoms with Gasteiger partial charge in [0.2, 0.25) is 0 Å². The molecule has 2 atom stereocenters. The number of pyridine rings is 1. The summed E-state index contributed by atoms with van der Waals surface area (Å²) in [6.07, 6.45) is 1.77. The fourth-order valence-corrected chi connectivity index (χ4v) is 5.40. The van der Waals surface area contributed by atoms with Crippen molar-refractivity contribution in [2.75, 3.05) is 12.0 Å². The van der Waals surface area contributed by atoms with E-state index in [9.17, 15) is 0 Å². The number of furan rings is 1. The van der Waals surface area contributed by atoms with E-state index in [0.29, 0.717) is 20.9 Å². The summed E-state index contributed by atoms with van der Waals surface area (Å²) < 4.78 is 11.7.